The first-order chi connectivity index (χ1) is 9.60. The summed E-state index contributed by atoms with van der Waals surface area (Å²) in [6.45, 7) is 4.55. The van der Waals surface area contributed by atoms with Crippen LogP contribution >= 0.6 is 11.6 Å². The maximum Gasteiger partial charge on any atom is 0.224 e. The molecule has 0 saturated carbocycles. The molecule has 2 rings (SSSR count). The Bertz CT molecular complexity index is 604. The van der Waals surface area contributed by atoms with E-state index in [0.717, 1.165) is 18.7 Å². The van der Waals surface area contributed by atoms with Crippen molar-refractivity contribution in [3.8, 4) is 0 Å². The van der Waals surface area contributed by atoms with Crippen molar-refractivity contribution >= 4 is 29.1 Å². The molecule has 0 fully saturated rings. The van der Waals surface area contributed by atoms with Crippen LogP contribution in [-0.4, -0.2) is 16.5 Å². The summed E-state index contributed by atoms with van der Waals surface area (Å²) in [5.74, 6) is 0.762. The zero-order valence-electron chi connectivity index (χ0n) is 11.4. The first kappa shape index (κ1) is 14.5. The number of nitrogens with zero attached hydrogens (tertiary/aromatic N) is 2. The Kier molecular flexibility index (Phi) is 4.74. The van der Waals surface area contributed by atoms with Gasteiger partial charge in [0.2, 0.25) is 5.95 Å². The molecule has 2 aromatic rings. The van der Waals surface area contributed by atoms with E-state index in [9.17, 15) is 4.39 Å². The molecule has 0 saturated heterocycles. The second-order valence-electron chi connectivity index (χ2n) is 4.41. The fourth-order valence-electron chi connectivity index (χ4n) is 1.64. The highest BCUT2D eigenvalue weighted by atomic mass is 35.5. The van der Waals surface area contributed by atoms with E-state index < -0.39 is 0 Å². The maximum absolute atomic E-state index is 13.2. The molecule has 0 radical (unpaired) electrons. The molecule has 2 N–H and O–H groups in total. The predicted molar refractivity (Wildman–Crippen MR) is 80.2 cm³/mol. The van der Waals surface area contributed by atoms with Crippen molar-refractivity contribution in [3.05, 3.63) is 40.8 Å². The second-order valence-corrected chi connectivity index (χ2v) is 4.81. The number of nitrogens with one attached hydrogen (secondary N) is 2. The van der Waals surface area contributed by atoms with Crippen molar-refractivity contribution in [2.45, 2.75) is 20.3 Å². The first-order valence-corrected chi connectivity index (χ1v) is 6.77. The molecule has 0 aliphatic carbocycles. The van der Waals surface area contributed by atoms with Gasteiger partial charge in [-0.1, -0.05) is 18.5 Å². The molecule has 106 valence electrons. The number of hydrogen-bond acceptors (Lipinski definition) is 4. The Hall–Kier alpha value is -1.88. The third kappa shape index (κ3) is 3.57. The summed E-state index contributed by atoms with van der Waals surface area (Å²) in [5, 5.41) is 6.57. The van der Waals surface area contributed by atoms with Crippen LogP contribution in [0.2, 0.25) is 5.02 Å². The summed E-state index contributed by atoms with van der Waals surface area (Å²) in [6, 6.07) is 4.75. The lowest BCUT2D eigenvalue weighted by molar-refractivity contribution is 0.619. The van der Waals surface area contributed by atoms with E-state index in [1.54, 1.807) is 19.1 Å². The number of aromatic nitrogens is 2. The van der Waals surface area contributed by atoms with Gasteiger partial charge in [0.1, 0.15) is 10.8 Å². The van der Waals surface area contributed by atoms with Crippen molar-refractivity contribution in [3.63, 3.8) is 0 Å². The van der Waals surface area contributed by atoms with Crippen molar-refractivity contribution in [1.82, 2.24) is 9.97 Å². The molecule has 0 bridgehead atoms. The molecule has 0 aliphatic heterocycles. The quantitative estimate of drug-likeness (QED) is 0.870. The van der Waals surface area contributed by atoms with Gasteiger partial charge in [-0.25, -0.2) is 9.37 Å². The van der Waals surface area contributed by atoms with Crippen molar-refractivity contribution < 1.29 is 4.39 Å². The van der Waals surface area contributed by atoms with E-state index in [1.165, 1.54) is 12.3 Å². The summed E-state index contributed by atoms with van der Waals surface area (Å²) in [6.07, 6.45) is 2.51. The van der Waals surface area contributed by atoms with Gasteiger partial charge in [0.25, 0.3) is 0 Å². The molecule has 0 spiro atoms. The minimum atomic E-state index is -0.241. The summed E-state index contributed by atoms with van der Waals surface area (Å²) in [4.78, 5) is 8.39. The Labute approximate surface area is 122 Å². The van der Waals surface area contributed by atoms with Gasteiger partial charge in [-0.3, -0.25) is 0 Å². The maximum atomic E-state index is 13.2. The monoisotopic (exact) mass is 294 g/mol. The lowest BCUT2D eigenvalue weighted by atomic mass is 10.2. The highest BCUT2D eigenvalue weighted by Crippen LogP contribution is 2.24. The predicted octanol–water partition coefficient (Wildman–Crippen LogP) is 4.14. The van der Waals surface area contributed by atoms with Gasteiger partial charge in [-0.2, -0.15) is 4.98 Å². The number of benzene rings is 1. The van der Waals surface area contributed by atoms with E-state index >= 15 is 0 Å². The fraction of sp³-hybridized carbons (Fsp3) is 0.286. The standard InChI is InChI=1S/C14H16ClFN4/c1-3-6-17-14-18-8-11(15)13(20-14)19-10-4-5-12(16)9(2)7-10/h4-5,7-8H,3,6H2,1-2H3,(H2,17,18,19,20). The molecule has 4 nitrogen and oxygen atoms in total. The fourth-order valence-corrected chi connectivity index (χ4v) is 1.77. The highest BCUT2D eigenvalue weighted by molar-refractivity contribution is 6.32. The number of aryl methyl sites for hydroxylation is 1. The first-order valence-electron chi connectivity index (χ1n) is 6.39. The van der Waals surface area contributed by atoms with Gasteiger partial charge in [-0.15, -0.1) is 0 Å². The van der Waals surface area contributed by atoms with Crippen LogP contribution in [0, 0.1) is 12.7 Å². The van der Waals surface area contributed by atoms with Crippen molar-refractivity contribution in [2.75, 3.05) is 17.2 Å². The molecule has 1 aromatic carbocycles. The molecule has 0 aliphatic rings. The molecular weight excluding hydrogens is 279 g/mol. The molecule has 0 unspecified atom stereocenters. The Morgan fingerprint density at radius 3 is 2.85 bits per heavy atom. The summed E-state index contributed by atoms with van der Waals surface area (Å²) in [5.41, 5.74) is 1.29. The normalized spacial score (nSPS) is 10.4. The van der Waals surface area contributed by atoms with E-state index in [4.69, 9.17) is 11.6 Å². The van der Waals surface area contributed by atoms with Crippen LogP contribution in [-0.2, 0) is 0 Å². The van der Waals surface area contributed by atoms with Gasteiger partial charge in [-0.05, 0) is 37.1 Å². The van der Waals surface area contributed by atoms with E-state index in [-0.39, 0.29) is 5.82 Å². The van der Waals surface area contributed by atoms with E-state index in [2.05, 4.69) is 27.5 Å². The number of anilines is 3. The third-order valence-electron chi connectivity index (χ3n) is 2.70. The average Bonchev–Trinajstić information content (AvgIpc) is 2.44. The molecule has 1 heterocycles. The van der Waals surface area contributed by atoms with Crippen LogP contribution < -0.4 is 10.6 Å². The lowest BCUT2D eigenvalue weighted by Crippen LogP contribution is -2.06. The largest absolute Gasteiger partial charge is 0.354 e. The van der Waals surface area contributed by atoms with Gasteiger partial charge >= 0.3 is 0 Å². The summed E-state index contributed by atoms with van der Waals surface area (Å²) in [7, 11) is 0. The zero-order chi connectivity index (χ0) is 14.5. The topological polar surface area (TPSA) is 49.8 Å². The second kappa shape index (κ2) is 6.52. The highest BCUT2D eigenvalue weighted by Gasteiger charge is 2.06. The van der Waals surface area contributed by atoms with Gasteiger partial charge < -0.3 is 10.6 Å². The Balaban J connectivity index is 2.20. The third-order valence-corrected chi connectivity index (χ3v) is 2.97. The number of rotatable bonds is 5. The molecular formula is C14H16ClFN4. The Morgan fingerprint density at radius 2 is 2.15 bits per heavy atom. The van der Waals surface area contributed by atoms with E-state index in [1.807, 2.05) is 0 Å². The van der Waals surface area contributed by atoms with Gasteiger partial charge in [0.15, 0.2) is 5.82 Å². The van der Waals surface area contributed by atoms with Crippen LogP contribution in [0.15, 0.2) is 24.4 Å². The van der Waals surface area contributed by atoms with Crippen molar-refractivity contribution in [2.24, 2.45) is 0 Å². The average molecular weight is 295 g/mol. The number of halogens is 2. The molecule has 0 atom stereocenters. The Morgan fingerprint density at radius 1 is 1.35 bits per heavy atom. The van der Waals surface area contributed by atoms with Crippen LogP contribution in [0.5, 0.6) is 0 Å². The lowest BCUT2D eigenvalue weighted by Gasteiger charge is -2.10. The summed E-state index contributed by atoms with van der Waals surface area (Å²) < 4.78 is 13.2. The molecule has 1 aromatic heterocycles. The molecule has 6 heteroatoms. The molecule has 0 amide bonds. The zero-order valence-corrected chi connectivity index (χ0v) is 12.1. The van der Waals surface area contributed by atoms with Crippen LogP contribution in [0.1, 0.15) is 18.9 Å². The van der Waals surface area contributed by atoms with E-state index in [0.29, 0.717) is 22.4 Å². The molecule has 20 heavy (non-hydrogen) atoms. The SMILES string of the molecule is CCCNc1ncc(Cl)c(Nc2ccc(F)c(C)c2)n1. The van der Waals surface area contributed by atoms with Crippen LogP contribution in [0.4, 0.5) is 21.8 Å². The smallest absolute Gasteiger partial charge is 0.224 e. The number of hydrogen-bond donors (Lipinski definition) is 2. The van der Waals surface area contributed by atoms with Gasteiger partial charge in [0.05, 0.1) is 6.20 Å². The van der Waals surface area contributed by atoms with Gasteiger partial charge in [0, 0.05) is 12.2 Å². The van der Waals surface area contributed by atoms with Crippen molar-refractivity contribution in [1.29, 1.82) is 0 Å². The van der Waals surface area contributed by atoms with Crippen LogP contribution in [0.3, 0.4) is 0 Å². The minimum absolute atomic E-state index is 0.241. The summed E-state index contributed by atoms with van der Waals surface area (Å²) >= 11 is 6.06. The minimum Gasteiger partial charge on any atom is -0.354 e. The van der Waals surface area contributed by atoms with Crippen LogP contribution in [0.25, 0.3) is 0 Å².